The fourth-order valence-corrected chi connectivity index (χ4v) is 2.72. The maximum Gasteiger partial charge on any atom is 0.254 e. The van der Waals surface area contributed by atoms with Crippen LogP contribution < -0.4 is 10.6 Å². The Morgan fingerprint density at radius 1 is 1.15 bits per heavy atom. The van der Waals surface area contributed by atoms with Crippen molar-refractivity contribution in [2.75, 3.05) is 44.7 Å². The molecule has 0 saturated carbocycles. The van der Waals surface area contributed by atoms with Crippen molar-refractivity contribution < 1.29 is 9.53 Å². The van der Waals surface area contributed by atoms with E-state index in [0.29, 0.717) is 18.1 Å². The topological polar surface area (TPSA) is 79.4 Å². The van der Waals surface area contributed by atoms with Crippen molar-refractivity contribution in [2.24, 2.45) is 0 Å². The van der Waals surface area contributed by atoms with Gasteiger partial charge in [0.15, 0.2) is 0 Å². The van der Waals surface area contributed by atoms with Gasteiger partial charge in [-0.1, -0.05) is 19.1 Å². The average molecular weight is 355 g/mol. The van der Waals surface area contributed by atoms with E-state index in [4.69, 9.17) is 4.74 Å². The van der Waals surface area contributed by atoms with Crippen LogP contribution in [0.2, 0.25) is 0 Å². The van der Waals surface area contributed by atoms with Crippen molar-refractivity contribution in [3.63, 3.8) is 0 Å². The first-order chi connectivity index (χ1) is 12.7. The summed E-state index contributed by atoms with van der Waals surface area (Å²) < 4.78 is 5.31. The Balaban J connectivity index is 1.47. The van der Waals surface area contributed by atoms with Gasteiger partial charge in [0.25, 0.3) is 5.91 Å². The van der Waals surface area contributed by atoms with Gasteiger partial charge in [0, 0.05) is 44.3 Å². The molecule has 1 amide bonds. The number of ether oxygens (including phenoxy) is 1. The third-order valence-electron chi connectivity index (χ3n) is 4.35. The number of aryl methyl sites for hydroxylation is 1. The number of amides is 1. The summed E-state index contributed by atoms with van der Waals surface area (Å²) in [6, 6.07) is 8.13. The first kappa shape index (κ1) is 18.3. The summed E-state index contributed by atoms with van der Waals surface area (Å²) in [6.07, 6.45) is 4.09. The molecular weight excluding hydrogens is 330 g/mol. The molecule has 2 aromatic rings. The molecule has 0 aliphatic carbocycles. The van der Waals surface area contributed by atoms with Crippen LogP contribution in [0, 0.1) is 0 Å². The molecule has 0 radical (unpaired) electrons. The third kappa shape index (κ3) is 5.24. The predicted octanol–water partition coefficient (Wildman–Crippen LogP) is 1.84. The molecule has 1 fully saturated rings. The molecule has 138 valence electrons. The van der Waals surface area contributed by atoms with E-state index in [9.17, 15) is 4.79 Å². The molecule has 0 unspecified atom stereocenters. The Kier molecular flexibility index (Phi) is 6.51. The van der Waals surface area contributed by atoms with Crippen molar-refractivity contribution in [2.45, 2.75) is 13.3 Å². The van der Waals surface area contributed by atoms with Crippen LogP contribution in [0.3, 0.4) is 0 Å². The number of carbonyl (C=O) groups excluding carboxylic acids is 1. The van der Waals surface area contributed by atoms with E-state index >= 15 is 0 Å². The van der Waals surface area contributed by atoms with Gasteiger partial charge in [0.2, 0.25) is 5.95 Å². The second-order valence-electron chi connectivity index (χ2n) is 6.18. The monoisotopic (exact) mass is 355 g/mol. The largest absolute Gasteiger partial charge is 0.379 e. The van der Waals surface area contributed by atoms with E-state index in [-0.39, 0.29) is 5.91 Å². The SMILES string of the molecule is CCc1ccc(Nc2ncc(C(=O)NCCN3CCOCC3)cn2)cc1. The van der Waals surface area contributed by atoms with Crippen LogP contribution in [0.5, 0.6) is 0 Å². The second-order valence-corrected chi connectivity index (χ2v) is 6.18. The van der Waals surface area contributed by atoms with E-state index in [1.807, 2.05) is 12.1 Å². The van der Waals surface area contributed by atoms with E-state index in [1.54, 1.807) is 12.4 Å². The number of aromatic nitrogens is 2. The quantitative estimate of drug-likeness (QED) is 0.789. The molecule has 1 aromatic heterocycles. The fourth-order valence-electron chi connectivity index (χ4n) is 2.72. The molecule has 2 heterocycles. The van der Waals surface area contributed by atoms with Gasteiger partial charge >= 0.3 is 0 Å². The molecule has 2 N–H and O–H groups in total. The molecule has 1 aliphatic heterocycles. The minimum absolute atomic E-state index is 0.155. The molecule has 0 bridgehead atoms. The van der Waals surface area contributed by atoms with Gasteiger partial charge < -0.3 is 15.4 Å². The lowest BCUT2D eigenvalue weighted by molar-refractivity contribution is 0.0383. The zero-order chi connectivity index (χ0) is 18.2. The lowest BCUT2D eigenvalue weighted by atomic mass is 10.1. The molecule has 7 nitrogen and oxygen atoms in total. The number of carbonyl (C=O) groups is 1. The van der Waals surface area contributed by atoms with Gasteiger partial charge in [-0.15, -0.1) is 0 Å². The molecule has 7 heteroatoms. The number of hydrogen-bond donors (Lipinski definition) is 2. The lowest BCUT2D eigenvalue weighted by Crippen LogP contribution is -2.41. The van der Waals surface area contributed by atoms with Gasteiger partial charge in [-0.25, -0.2) is 9.97 Å². The Hall–Kier alpha value is -2.51. The van der Waals surface area contributed by atoms with Crippen molar-refractivity contribution in [1.82, 2.24) is 20.2 Å². The van der Waals surface area contributed by atoms with E-state index in [1.165, 1.54) is 5.56 Å². The highest BCUT2D eigenvalue weighted by Gasteiger charge is 2.11. The van der Waals surface area contributed by atoms with Crippen LogP contribution in [-0.2, 0) is 11.2 Å². The summed E-state index contributed by atoms with van der Waals surface area (Å²) in [7, 11) is 0. The summed E-state index contributed by atoms with van der Waals surface area (Å²) in [5.74, 6) is 0.316. The Morgan fingerprint density at radius 2 is 1.85 bits per heavy atom. The normalized spacial score (nSPS) is 14.8. The zero-order valence-corrected chi connectivity index (χ0v) is 15.1. The number of rotatable bonds is 7. The van der Waals surface area contributed by atoms with Crippen LogP contribution >= 0.6 is 0 Å². The Labute approximate surface area is 153 Å². The number of hydrogen-bond acceptors (Lipinski definition) is 6. The van der Waals surface area contributed by atoms with E-state index in [0.717, 1.165) is 45.0 Å². The van der Waals surface area contributed by atoms with Crippen LogP contribution in [0.25, 0.3) is 0 Å². The highest BCUT2D eigenvalue weighted by atomic mass is 16.5. The molecule has 0 atom stereocenters. The van der Waals surface area contributed by atoms with Crippen LogP contribution in [0.15, 0.2) is 36.7 Å². The van der Waals surface area contributed by atoms with Gasteiger partial charge in [0.1, 0.15) is 0 Å². The summed E-state index contributed by atoms with van der Waals surface area (Å²) in [4.78, 5) is 22.9. The molecule has 1 aromatic carbocycles. The number of benzene rings is 1. The molecule has 1 aliphatic rings. The smallest absolute Gasteiger partial charge is 0.254 e. The predicted molar refractivity (Wildman–Crippen MR) is 101 cm³/mol. The zero-order valence-electron chi connectivity index (χ0n) is 15.1. The highest BCUT2D eigenvalue weighted by Crippen LogP contribution is 2.14. The van der Waals surface area contributed by atoms with E-state index < -0.39 is 0 Å². The molecule has 1 saturated heterocycles. The number of morpholine rings is 1. The van der Waals surface area contributed by atoms with Crippen LogP contribution in [0.1, 0.15) is 22.8 Å². The number of nitrogens with zero attached hydrogens (tertiary/aromatic N) is 3. The number of nitrogens with one attached hydrogen (secondary N) is 2. The van der Waals surface area contributed by atoms with Crippen molar-refractivity contribution >= 4 is 17.5 Å². The first-order valence-corrected chi connectivity index (χ1v) is 9.01. The summed E-state index contributed by atoms with van der Waals surface area (Å²) in [5, 5.41) is 6.04. The van der Waals surface area contributed by atoms with Gasteiger partial charge in [0.05, 0.1) is 18.8 Å². The van der Waals surface area contributed by atoms with Gasteiger partial charge in [-0.2, -0.15) is 0 Å². The average Bonchev–Trinajstić information content (AvgIpc) is 2.70. The molecular formula is C19H25N5O2. The Morgan fingerprint density at radius 3 is 2.50 bits per heavy atom. The molecule has 3 rings (SSSR count). The molecule has 26 heavy (non-hydrogen) atoms. The Bertz CT molecular complexity index is 697. The summed E-state index contributed by atoms with van der Waals surface area (Å²) in [5.41, 5.74) is 2.66. The van der Waals surface area contributed by atoms with Crippen molar-refractivity contribution in [1.29, 1.82) is 0 Å². The fraction of sp³-hybridized carbons (Fsp3) is 0.421. The minimum Gasteiger partial charge on any atom is -0.379 e. The lowest BCUT2D eigenvalue weighted by Gasteiger charge is -2.26. The van der Waals surface area contributed by atoms with E-state index in [2.05, 4.69) is 44.6 Å². The minimum atomic E-state index is -0.155. The molecule has 0 spiro atoms. The summed E-state index contributed by atoms with van der Waals surface area (Å²) >= 11 is 0. The van der Waals surface area contributed by atoms with Gasteiger partial charge in [-0.3, -0.25) is 9.69 Å². The standard InChI is InChI=1S/C19H25N5O2/c1-2-15-3-5-17(6-4-15)23-19-21-13-16(14-22-19)18(25)20-7-8-24-9-11-26-12-10-24/h3-6,13-14H,2,7-12H2,1H3,(H,20,25)(H,21,22,23). The van der Waals surface area contributed by atoms with Crippen molar-refractivity contribution in [3.8, 4) is 0 Å². The maximum absolute atomic E-state index is 12.2. The maximum atomic E-state index is 12.2. The van der Waals surface area contributed by atoms with Crippen molar-refractivity contribution in [3.05, 3.63) is 47.8 Å². The first-order valence-electron chi connectivity index (χ1n) is 9.01. The third-order valence-corrected chi connectivity index (χ3v) is 4.35. The van der Waals surface area contributed by atoms with Crippen LogP contribution in [-0.4, -0.2) is 60.2 Å². The highest BCUT2D eigenvalue weighted by molar-refractivity contribution is 5.93. The second kappa shape index (κ2) is 9.26. The summed E-state index contributed by atoms with van der Waals surface area (Å²) in [6.45, 7) is 6.90. The van der Waals surface area contributed by atoms with Crippen LogP contribution in [0.4, 0.5) is 11.6 Å². The van der Waals surface area contributed by atoms with Gasteiger partial charge in [-0.05, 0) is 24.1 Å². The number of anilines is 2.